The Kier molecular flexibility index (Phi) is 2.48. The van der Waals surface area contributed by atoms with Crippen LogP contribution in [0.1, 0.15) is 32.5 Å². The number of H-pyrrole nitrogens is 1. The zero-order chi connectivity index (χ0) is 14.8. The summed E-state index contributed by atoms with van der Waals surface area (Å²) < 4.78 is 6.00. The Hall–Kier alpha value is -1.89. The van der Waals surface area contributed by atoms with Gasteiger partial charge in [-0.1, -0.05) is 0 Å². The highest BCUT2D eigenvalue weighted by Crippen LogP contribution is 2.40. The van der Waals surface area contributed by atoms with Crippen LogP contribution in [0.5, 0.6) is 5.88 Å². The van der Waals surface area contributed by atoms with Crippen LogP contribution < -0.4 is 9.64 Å². The molecule has 1 fully saturated rings. The van der Waals surface area contributed by atoms with E-state index >= 15 is 0 Å². The topological polar surface area (TPSA) is 87.2 Å². The molecule has 2 aromatic heterocycles. The van der Waals surface area contributed by atoms with Crippen LogP contribution in [0.15, 0.2) is 0 Å². The minimum absolute atomic E-state index is 0.0119. The lowest BCUT2D eigenvalue weighted by molar-refractivity contribution is 0.0242. The molecule has 112 valence electrons. The zero-order valence-electron chi connectivity index (χ0n) is 12.4. The Labute approximate surface area is 122 Å². The number of anilines is 1. The third-order valence-electron chi connectivity index (χ3n) is 4.48. The molecule has 3 atom stereocenters. The number of nitrogens with zero attached hydrogens (tertiary/aromatic N) is 4. The van der Waals surface area contributed by atoms with Crippen LogP contribution in [0.4, 0.5) is 5.82 Å². The third kappa shape index (κ3) is 1.87. The van der Waals surface area contributed by atoms with Crippen molar-refractivity contribution < 1.29 is 9.84 Å². The average molecular weight is 289 g/mol. The van der Waals surface area contributed by atoms with Crippen molar-refractivity contribution >= 4 is 16.9 Å². The molecule has 7 nitrogen and oxygen atoms in total. The fraction of sp³-hybridized carbons (Fsp3) is 0.643. The van der Waals surface area contributed by atoms with Gasteiger partial charge in [-0.05, 0) is 33.6 Å². The standard InChI is InChI=1S/C14H19N5O2/c1-7-9-4-5-14(3,20)6-19(9)12-10-11(15-8(2)16-12)17-18-13(10)21-7/h7,9,20H,4-6H2,1-3H3,(H,15,16,17,18)/t7-,9+,14-/m0/s1. The lowest BCUT2D eigenvalue weighted by Gasteiger charge is -2.44. The highest BCUT2D eigenvalue weighted by Gasteiger charge is 2.42. The smallest absolute Gasteiger partial charge is 0.246 e. The summed E-state index contributed by atoms with van der Waals surface area (Å²) in [5.74, 6) is 2.06. The van der Waals surface area contributed by atoms with Crippen LogP contribution in [-0.2, 0) is 0 Å². The van der Waals surface area contributed by atoms with Crippen LogP contribution in [0.2, 0.25) is 0 Å². The van der Waals surface area contributed by atoms with E-state index in [2.05, 4.69) is 25.1 Å². The quantitative estimate of drug-likeness (QED) is 0.757. The maximum absolute atomic E-state index is 10.5. The monoisotopic (exact) mass is 289 g/mol. The molecule has 2 aliphatic rings. The maximum atomic E-state index is 10.5. The molecule has 2 aromatic rings. The summed E-state index contributed by atoms with van der Waals surface area (Å²) in [5, 5.41) is 18.4. The minimum atomic E-state index is -0.713. The van der Waals surface area contributed by atoms with Gasteiger partial charge in [-0.2, -0.15) is 0 Å². The molecule has 4 heterocycles. The Balaban J connectivity index is 1.95. The number of rotatable bonds is 0. The van der Waals surface area contributed by atoms with Gasteiger partial charge in [-0.25, -0.2) is 9.97 Å². The van der Waals surface area contributed by atoms with Crippen molar-refractivity contribution in [2.24, 2.45) is 0 Å². The highest BCUT2D eigenvalue weighted by molar-refractivity contribution is 5.92. The van der Waals surface area contributed by atoms with Gasteiger partial charge in [0.15, 0.2) is 5.65 Å². The summed E-state index contributed by atoms with van der Waals surface area (Å²) in [6.07, 6.45) is 1.62. The maximum Gasteiger partial charge on any atom is 0.246 e. The van der Waals surface area contributed by atoms with E-state index in [-0.39, 0.29) is 12.1 Å². The van der Waals surface area contributed by atoms with Gasteiger partial charge in [0.25, 0.3) is 0 Å². The molecule has 2 N–H and O–H groups in total. The van der Waals surface area contributed by atoms with Gasteiger partial charge in [0.2, 0.25) is 5.88 Å². The predicted molar refractivity (Wildman–Crippen MR) is 77.5 cm³/mol. The molecule has 0 amide bonds. The summed E-state index contributed by atoms with van der Waals surface area (Å²) in [6.45, 7) is 6.33. The second-order valence-electron chi connectivity index (χ2n) is 6.40. The highest BCUT2D eigenvalue weighted by atomic mass is 16.5. The number of aromatic amines is 1. The van der Waals surface area contributed by atoms with E-state index in [0.717, 1.165) is 24.0 Å². The molecule has 0 bridgehead atoms. The van der Waals surface area contributed by atoms with Crippen molar-refractivity contribution in [1.29, 1.82) is 0 Å². The van der Waals surface area contributed by atoms with E-state index in [1.807, 2.05) is 20.8 Å². The van der Waals surface area contributed by atoms with Crippen molar-refractivity contribution in [3.8, 4) is 5.88 Å². The largest absolute Gasteiger partial charge is 0.471 e. The molecule has 0 saturated carbocycles. The summed E-state index contributed by atoms with van der Waals surface area (Å²) >= 11 is 0. The number of aromatic nitrogens is 4. The number of aliphatic hydroxyl groups is 1. The van der Waals surface area contributed by atoms with Crippen molar-refractivity contribution in [3.05, 3.63) is 5.82 Å². The van der Waals surface area contributed by atoms with Gasteiger partial charge in [0.1, 0.15) is 23.1 Å². The van der Waals surface area contributed by atoms with Gasteiger partial charge in [-0.15, -0.1) is 5.10 Å². The number of hydrogen-bond acceptors (Lipinski definition) is 6. The molecule has 21 heavy (non-hydrogen) atoms. The van der Waals surface area contributed by atoms with E-state index in [1.54, 1.807) is 0 Å². The van der Waals surface area contributed by atoms with E-state index in [4.69, 9.17) is 4.74 Å². The minimum Gasteiger partial charge on any atom is -0.471 e. The lowest BCUT2D eigenvalue weighted by atomic mass is 9.88. The Morgan fingerprint density at radius 3 is 3.05 bits per heavy atom. The summed E-state index contributed by atoms with van der Waals surface area (Å²) in [6, 6.07) is 0.192. The van der Waals surface area contributed by atoms with Crippen molar-refractivity contribution in [2.75, 3.05) is 11.4 Å². The van der Waals surface area contributed by atoms with Crippen LogP contribution in [0.25, 0.3) is 11.0 Å². The van der Waals surface area contributed by atoms with Crippen molar-refractivity contribution in [3.63, 3.8) is 0 Å². The molecule has 0 aromatic carbocycles. The van der Waals surface area contributed by atoms with Gasteiger partial charge in [0, 0.05) is 6.54 Å². The number of nitrogens with one attached hydrogen (secondary N) is 1. The number of aryl methyl sites for hydroxylation is 1. The second-order valence-corrected chi connectivity index (χ2v) is 6.40. The first-order chi connectivity index (χ1) is 9.94. The van der Waals surface area contributed by atoms with Crippen LogP contribution in [0, 0.1) is 6.92 Å². The van der Waals surface area contributed by atoms with Gasteiger partial charge < -0.3 is 14.7 Å². The molecular weight excluding hydrogens is 270 g/mol. The van der Waals surface area contributed by atoms with Crippen LogP contribution in [0.3, 0.4) is 0 Å². The second kappa shape index (κ2) is 4.07. The zero-order valence-corrected chi connectivity index (χ0v) is 12.4. The predicted octanol–water partition coefficient (Wildman–Crippen LogP) is 1.16. The van der Waals surface area contributed by atoms with E-state index in [0.29, 0.717) is 23.9 Å². The number of piperidine rings is 1. The Morgan fingerprint density at radius 1 is 1.43 bits per heavy atom. The van der Waals surface area contributed by atoms with E-state index in [9.17, 15) is 5.11 Å². The molecule has 1 saturated heterocycles. The number of ether oxygens (including phenoxy) is 1. The average Bonchev–Trinajstić information content (AvgIpc) is 2.74. The van der Waals surface area contributed by atoms with E-state index in [1.165, 1.54) is 0 Å². The number of fused-ring (bicyclic) bond motifs is 2. The molecule has 0 spiro atoms. The molecule has 0 aliphatic carbocycles. The molecule has 7 heteroatoms. The third-order valence-corrected chi connectivity index (χ3v) is 4.48. The summed E-state index contributed by atoms with van der Waals surface area (Å²) in [7, 11) is 0. The Bertz CT molecular complexity index is 711. The molecular formula is C14H19N5O2. The molecule has 2 aliphatic heterocycles. The lowest BCUT2D eigenvalue weighted by Crippen LogP contribution is -2.55. The van der Waals surface area contributed by atoms with Crippen LogP contribution >= 0.6 is 0 Å². The molecule has 0 unspecified atom stereocenters. The fourth-order valence-electron chi connectivity index (χ4n) is 3.44. The SMILES string of the molecule is Cc1nc2c3c(n[nH]c3n1)O[C@@H](C)[C@H]1CC[C@](C)(O)CN21. The van der Waals surface area contributed by atoms with Gasteiger partial charge >= 0.3 is 0 Å². The fourth-order valence-corrected chi connectivity index (χ4v) is 3.44. The molecule has 0 radical (unpaired) electrons. The van der Waals surface area contributed by atoms with Gasteiger partial charge in [0.05, 0.1) is 11.6 Å². The van der Waals surface area contributed by atoms with Crippen molar-refractivity contribution in [1.82, 2.24) is 20.2 Å². The first-order valence-electron chi connectivity index (χ1n) is 7.33. The first kappa shape index (κ1) is 12.8. The first-order valence-corrected chi connectivity index (χ1v) is 7.33. The van der Waals surface area contributed by atoms with Crippen molar-refractivity contribution in [2.45, 2.75) is 51.4 Å². The van der Waals surface area contributed by atoms with Gasteiger partial charge in [-0.3, -0.25) is 5.10 Å². The van der Waals surface area contributed by atoms with E-state index < -0.39 is 5.60 Å². The normalized spacial score (nSPS) is 31.7. The number of hydrogen-bond donors (Lipinski definition) is 2. The Morgan fingerprint density at radius 2 is 2.24 bits per heavy atom. The van der Waals surface area contributed by atoms with Crippen LogP contribution in [-0.4, -0.2) is 49.6 Å². The summed E-state index contributed by atoms with van der Waals surface area (Å²) in [5.41, 5.74) is -0.0270. The molecule has 4 rings (SSSR count). The summed E-state index contributed by atoms with van der Waals surface area (Å²) in [4.78, 5) is 11.2.